The minimum Gasteiger partial charge on any atom is -0.486 e. The molecule has 98 valence electrons. The predicted molar refractivity (Wildman–Crippen MR) is 71.4 cm³/mol. The second-order valence-corrected chi connectivity index (χ2v) is 5.16. The van der Waals surface area contributed by atoms with Crippen LogP contribution in [0.5, 0.6) is 11.5 Å². The molecule has 3 heteroatoms. The molecule has 1 heterocycles. The first-order chi connectivity index (χ1) is 8.92. The summed E-state index contributed by atoms with van der Waals surface area (Å²) >= 11 is 0. The predicted octanol–water partition coefficient (Wildman–Crippen LogP) is 2.53. The average Bonchev–Trinajstić information content (AvgIpc) is 3.22. The number of hydrogen-bond acceptors (Lipinski definition) is 3. The Morgan fingerprint density at radius 2 is 1.89 bits per heavy atom. The van der Waals surface area contributed by atoms with E-state index < -0.39 is 0 Å². The van der Waals surface area contributed by atoms with E-state index in [4.69, 9.17) is 9.47 Å². The maximum Gasteiger partial charge on any atom is 0.161 e. The van der Waals surface area contributed by atoms with Crippen molar-refractivity contribution in [3.8, 4) is 11.5 Å². The van der Waals surface area contributed by atoms with Gasteiger partial charge < -0.3 is 14.8 Å². The van der Waals surface area contributed by atoms with E-state index in [-0.39, 0.29) is 0 Å². The lowest BCUT2D eigenvalue weighted by atomic mass is 10.1. The molecule has 3 nitrogen and oxygen atoms in total. The van der Waals surface area contributed by atoms with Crippen molar-refractivity contribution in [3.05, 3.63) is 23.8 Å². The molecule has 1 aliphatic heterocycles. The van der Waals surface area contributed by atoms with Crippen LogP contribution in [0.2, 0.25) is 0 Å². The normalized spacial score (nSPS) is 17.8. The monoisotopic (exact) mass is 247 g/mol. The number of fused-ring (bicyclic) bond motifs is 1. The van der Waals surface area contributed by atoms with Crippen molar-refractivity contribution in [3.63, 3.8) is 0 Å². The number of benzene rings is 1. The molecular weight excluding hydrogens is 226 g/mol. The SMILES string of the molecule is c1cc2c(cc1CCCCNC1CC1)OCCO2. The summed E-state index contributed by atoms with van der Waals surface area (Å²) in [5, 5.41) is 3.55. The van der Waals surface area contributed by atoms with Crippen molar-refractivity contribution >= 4 is 0 Å². The lowest BCUT2D eigenvalue weighted by Crippen LogP contribution is -2.17. The van der Waals surface area contributed by atoms with E-state index >= 15 is 0 Å². The summed E-state index contributed by atoms with van der Waals surface area (Å²) in [5.74, 6) is 1.80. The Labute approximate surface area is 108 Å². The van der Waals surface area contributed by atoms with Crippen molar-refractivity contribution in [1.29, 1.82) is 0 Å². The molecule has 0 unspecified atom stereocenters. The van der Waals surface area contributed by atoms with E-state index in [0.29, 0.717) is 13.2 Å². The summed E-state index contributed by atoms with van der Waals surface area (Å²) in [5.41, 5.74) is 1.35. The minimum absolute atomic E-state index is 0.666. The van der Waals surface area contributed by atoms with Gasteiger partial charge in [0, 0.05) is 6.04 Å². The Balaban J connectivity index is 1.43. The Morgan fingerprint density at radius 3 is 2.72 bits per heavy atom. The highest BCUT2D eigenvalue weighted by Gasteiger charge is 2.19. The molecule has 2 aliphatic rings. The average molecular weight is 247 g/mol. The number of unbranched alkanes of at least 4 members (excludes halogenated alkanes) is 1. The third kappa shape index (κ3) is 3.16. The molecule has 1 saturated carbocycles. The van der Waals surface area contributed by atoms with Gasteiger partial charge in [0.2, 0.25) is 0 Å². The zero-order valence-corrected chi connectivity index (χ0v) is 10.8. The van der Waals surface area contributed by atoms with Crippen LogP contribution < -0.4 is 14.8 Å². The Kier molecular flexibility index (Phi) is 3.69. The van der Waals surface area contributed by atoms with Gasteiger partial charge in [-0.25, -0.2) is 0 Å². The van der Waals surface area contributed by atoms with Crippen molar-refractivity contribution in [2.75, 3.05) is 19.8 Å². The van der Waals surface area contributed by atoms with Gasteiger partial charge in [0.05, 0.1) is 0 Å². The Morgan fingerprint density at radius 1 is 1.06 bits per heavy atom. The van der Waals surface area contributed by atoms with E-state index in [1.807, 2.05) is 6.07 Å². The molecule has 1 N–H and O–H groups in total. The van der Waals surface area contributed by atoms with E-state index in [9.17, 15) is 0 Å². The molecule has 0 atom stereocenters. The van der Waals surface area contributed by atoms with Crippen LogP contribution in [0.3, 0.4) is 0 Å². The van der Waals surface area contributed by atoms with E-state index in [1.165, 1.54) is 31.2 Å². The maximum absolute atomic E-state index is 5.59. The molecule has 1 aromatic carbocycles. The summed E-state index contributed by atoms with van der Waals surface area (Å²) in [4.78, 5) is 0. The second kappa shape index (κ2) is 5.61. The van der Waals surface area contributed by atoms with Crippen LogP contribution in [0.4, 0.5) is 0 Å². The molecule has 0 saturated heterocycles. The maximum atomic E-state index is 5.59. The van der Waals surface area contributed by atoms with Crippen LogP contribution in [-0.4, -0.2) is 25.8 Å². The van der Waals surface area contributed by atoms with Crippen LogP contribution in [0.15, 0.2) is 18.2 Å². The van der Waals surface area contributed by atoms with Crippen molar-refractivity contribution in [2.45, 2.75) is 38.1 Å². The topological polar surface area (TPSA) is 30.5 Å². The molecular formula is C15H21NO2. The van der Waals surface area contributed by atoms with Gasteiger partial charge in [-0.3, -0.25) is 0 Å². The number of aryl methyl sites for hydroxylation is 1. The highest BCUT2D eigenvalue weighted by atomic mass is 16.6. The van der Waals surface area contributed by atoms with Gasteiger partial charge in [-0.2, -0.15) is 0 Å². The zero-order chi connectivity index (χ0) is 12.2. The summed E-state index contributed by atoms with van der Waals surface area (Å²) in [6.07, 6.45) is 6.37. The summed E-state index contributed by atoms with van der Waals surface area (Å²) < 4.78 is 11.1. The van der Waals surface area contributed by atoms with Gasteiger partial charge in [0.25, 0.3) is 0 Å². The third-order valence-corrected chi connectivity index (χ3v) is 3.51. The fourth-order valence-electron chi connectivity index (χ4n) is 2.29. The molecule has 1 aromatic rings. The van der Waals surface area contributed by atoms with Crippen LogP contribution in [0.1, 0.15) is 31.2 Å². The summed E-state index contributed by atoms with van der Waals surface area (Å²) in [6, 6.07) is 7.15. The molecule has 0 amide bonds. The third-order valence-electron chi connectivity index (χ3n) is 3.51. The molecule has 0 spiro atoms. The number of nitrogens with one attached hydrogen (secondary N) is 1. The van der Waals surface area contributed by atoms with Crippen LogP contribution in [-0.2, 0) is 6.42 Å². The lowest BCUT2D eigenvalue weighted by molar-refractivity contribution is 0.171. The van der Waals surface area contributed by atoms with Gasteiger partial charge in [0.15, 0.2) is 11.5 Å². The van der Waals surface area contributed by atoms with Gasteiger partial charge >= 0.3 is 0 Å². The first kappa shape index (κ1) is 11.8. The van der Waals surface area contributed by atoms with Crippen LogP contribution >= 0.6 is 0 Å². The van der Waals surface area contributed by atoms with E-state index in [2.05, 4.69) is 17.4 Å². The van der Waals surface area contributed by atoms with Crippen molar-refractivity contribution < 1.29 is 9.47 Å². The highest BCUT2D eigenvalue weighted by molar-refractivity contribution is 5.43. The minimum atomic E-state index is 0.666. The van der Waals surface area contributed by atoms with Gasteiger partial charge in [-0.1, -0.05) is 6.07 Å². The van der Waals surface area contributed by atoms with Crippen LogP contribution in [0.25, 0.3) is 0 Å². The number of ether oxygens (including phenoxy) is 2. The molecule has 0 bridgehead atoms. The summed E-state index contributed by atoms with van der Waals surface area (Å²) in [6.45, 7) is 2.50. The molecule has 1 aliphatic carbocycles. The van der Waals surface area contributed by atoms with Gasteiger partial charge in [0.1, 0.15) is 13.2 Å². The highest BCUT2D eigenvalue weighted by Crippen LogP contribution is 2.31. The van der Waals surface area contributed by atoms with Crippen molar-refractivity contribution in [1.82, 2.24) is 5.32 Å². The Hall–Kier alpha value is -1.22. The van der Waals surface area contributed by atoms with E-state index in [0.717, 1.165) is 30.5 Å². The standard InChI is InChI=1S/C15H21NO2/c1(2-8-16-13-5-6-13)3-12-4-7-14-15(11-12)18-10-9-17-14/h4,7,11,13,16H,1-3,5-6,8-10H2. The molecule has 3 rings (SSSR count). The number of hydrogen-bond donors (Lipinski definition) is 1. The first-order valence-electron chi connectivity index (χ1n) is 7.04. The molecule has 0 aromatic heterocycles. The first-order valence-corrected chi connectivity index (χ1v) is 7.04. The quantitative estimate of drug-likeness (QED) is 0.784. The fourth-order valence-corrected chi connectivity index (χ4v) is 2.29. The fraction of sp³-hybridized carbons (Fsp3) is 0.600. The largest absolute Gasteiger partial charge is 0.486 e. The van der Waals surface area contributed by atoms with Crippen LogP contribution in [0, 0.1) is 0 Å². The van der Waals surface area contributed by atoms with Crippen molar-refractivity contribution in [2.24, 2.45) is 0 Å². The number of rotatable bonds is 6. The molecule has 1 fully saturated rings. The smallest absolute Gasteiger partial charge is 0.161 e. The van der Waals surface area contributed by atoms with Gasteiger partial charge in [-0.15, -0.1) is 0 Å². The molecule has 0 radical (unpaired) electrons. The molecule has 18 heavy (non-hydrogen) atoms. The van der Waals surface area contributed by atoms with Gasteiger partial charge in [-0.05, 0) is 56.3 Å². The zero-order valence-electron chi connectivity index (χ0n) is 10.8. The lowest BCUT2D eigenvalue weighted by Gasteiger charge is -2.18. The second-order valence-electron chi connectivity index (χ2n) is 5.16. The summed E-state index contributed by atoms with van der Waals surface area (Å²) in [7, 11) is 0. The Bertz CT molecular complexity index is 401. The van der Waals surface area contributed by atoms with E-state index in [1.54, 1.807) is 0 Å².